The normalized spacial score (nSPS) is 12.6. The zero-order valence-electron chi connectivity index (χ0n) is 18.0. The minimum absolute atomic E-state index is 0.0149. The van der Waals surface area contributed by atoms with Gasteiger partial charge < -0.3 is 14.8 Å². The Balaban J connectivity index is 1.76. The molecule has 0 bridgehead atoms. The lowest BCUT2D eigenvalue weighted by atomic mass is 10.1. The molecule has 0 aliphatic rings. The van der Waals surface area contributed by atoms with Crippen LogP contribution in [0.2, 0.25) is 0 Å². The van der Waals surface area contributed by atoms with Crippen LogP contribution in [0.3, 0.4) is 0 Å². The number of nitrogens with two attached hydrogens (primary N) is 1. The van der Waals surface area contributed by atoms with Gasteiger partial charge in [-0.1, -0.05) is 12.1 Å². The van der Waals surface area contributed by atoms with Gasteiger partial charge in [0.05, 0.1) is 16.9 Å². The number of rotatable bonds is 11. The Bertz CT molecular complexity index is 1180. The quantitative estimate of drug-likeness (QED) is 0.360. The number of esters is 1. The number of amides is 1. The van der Waals surface area contributed by atoms with E-state index in [1.807, 2.05) is 0 Å². The highest BCUT2D eigenvalue weighted by molar-refractivity contribution is 7.89. The lowest BCUT2D eigenvalue weighted by molar-refractivity contribution is -0.149. The van der Waals surface area contributed by atoms with Gasteiger partial charge in [-0.2, -0.15) is 4.72 Å². The maximum atomic E-state index is 12.4. The van der Waals surface area contributed by atoms with Crippen LogP contribution < -0.4 is 19.9 Å². The number of methoxy groups -OCH3 is 1. The molecule has 180 valence electrons. The van der Waals surface area contributed by atoms with Crippen LogP contribution >= 0.6 is 0 Å². The van der Waals surface area contributed by atoms with Crippen molar-refractivity contribution >= 4 is 31.9 Å². The van der Waals surface area contributed by atoms with Gasteiger partial charge in [-0.15, -0.1) is 0 Å². The van der Waals surface area contributed by atoms with E-state index in [0.29, 0.717) is 12.2 Å². The molecule has 1 amide bonds. The fourth-order valence-corrected chi connectivity index (χ4v) is 4.32. The molecule has 11 nitrogen and oxygen atoms in total. The summed E-state index contributed by atoms with van der Waals surface area (Å²) in [5.41, 5.74) is 0.765. The van der Waals surface area contributed by atoms with Crippen molar-refractivity contribution in [3.8, 4) is 5.75 Å². The van der Waals surface area contributed by atoms with Gasteiger partial charge in [-0.05, 0) is 55.3 Å². The van der Waals surface area contributed by atoms with E-state index < -0.39 is 44.6 Å². The van der Waals surface area contributed by atoms with Crippen LogP contribution in [0.4, 0.5) is 0 Å². The molecule has 0 aliphatic carbocycles. The first-order valence-corrected chi connectivity index (χ1v) is 12.7. The van der Waals surface area contributed by atoms with E-state index in [2.05, 4.69) is 10.0 Å². The van der Waals surface area contributed by atoms with Crippen LogP contribution in [-0.4, -0.2) is 55.0 Å². The van der Waals surface area contributed by atoms with Crippen molar-refractivity contribution in [1.82, 2.24) is 10.0 Å². The van der Waals surface area contributed by atoms with Crippen molar-refractivity contribution in [2.45, 2.75) is 29.2 Å². The van der Waals surface area contributed by atoms with Crippen LogP contribution in [-0.2, 0) is 40.8 Å². The number of primary sulfonamides is 1. The molecule has 0 aromatic heterocycles. The summed E-state index contributed by atoms with van der Waals surface area (Å²) in [5.74, 6) is -1.01. The predicted molar refractivity (Wildman–Crippen MR) is 118 cm³/mol. The molecule has 0 fully saturated rings. The molecular weight excluding hydrogens is 474 g/mol. The van der Waals surface area contributed by atoms with Crippen molar-refractivity contribution < 1.29 is 35.9 Å². The van der Waals surface area contributed by atoms with Gasteiger partial charge in [0, 0.05) is 6.54 Å². The average molecular weight is 500 g/mol. The van der Waals surface area contributed by atoms with Gasteiger partial charge >= 0.3 is 5.97 Å². The largest absolute Gasteiger partial charge is 0.497 e. The topological polar surface area (TPSA) is 171 Å². The maximum absolute atomic E-state index is 12.4. The first-order chi connectivity index (χ1) is 15.4. The van der Waals surface area contributed by atoms with Crippen LogP contribution in [0, 0.1) is 0 Å². The molecule has 1 unspecified atom stereocenters. The summed E-state index contributed by atoms with van der Waals surface area (Å²) < 4.78 is 59.2. The number of sulfonamides is 2. The molecule has 0 radical (unpaired) electrons. The molecule has 2 aromatic rings. The molecule has 4 N–H and O–H groups in total. The first-order valence-electron chi connectivity index (χ1n) is 9.64. The Morgan fingerprint density at radius 3 is 2.09 bits per heavy atom. The summed E-state index contributed by atoms with van der Waals surface area (Å²) in [6.07, 6.45) is 0.405. The fraction of sp³-hybridized carbons (Fsp3) is 0.300. The molecule has 13 heteroatoms. The number of carbonyl (C=O) groups excluding carboxylic acids is 2. The summed E-state index contributed by atoms with van der Waals surface area (Å²) in [5, 5.41) is 7.58. The van der Waals surface area contributed by atoms with E-state index in [4.69, 9.17) is 14.6 Å². The highest BCUT2D eigenvalue weighted by Gasteiger charge is 2.23. The zero-order chi connectivity index (χ0) is 24.6. The number of benzene rings is 2. The molecule has 0 aliphatic heterocycles. The maximum Gasteiger partial charge on any atom is 0.324 e. The van der Waals surface area contributed by atoms with Crippen molar-refractivity contribution in [2.75, 3.05) is 20.3 Å². The highest BCUT2D eigenvalue weighted by atomic mass is 32.2. The predicted octanol–water partition coefficient (Wildman–Crippen LogP) is -0.0885. The molecule has 0 saturated carbocycles. The van der Waals surface area contributed by atoms with Gasteiger partial charge in [0.25, 0.3) is 5.91 Å². The standard InChI is InChI=1S/C20H25N3O8S2/c1-14(23-33(28,29)18-9-5-16(30-2)6-10-18)20(25)31-13-19(24)22-12-11-15-3-7-17(8-4-15)32(21,26)27/h3-10,14,23H,11-13H2,1-2H3,(H,22,24)(H2,21,26,27). The fourth-order valence-electron chi connectivity index (χ4n) is 2.61. The molecule has 2 aromatic carbocycles. The third-order valence-corrected chi connectivity index (χ3v) is 6.87. The molecule has 0 spiro atoms. The minimum atomic E-state index is -3.98. The zero-order valence-corrected chi connectivity index (χ0v) is 19.6. The molecule has 2 rings (SSSR count). The van der Waals surface area contributed by atoms with Gasteiger partial charge in [0.1, 0.15) is 11.8 Å². The van der Waals surface area contributed by atoms with Gasteiger partial charge in [-0.25, -0.2) is 22.0 Å². The van der Waals surface area contributed by atoms with E-state index in [1.165, 1.54) is 50.4 Å². The van der Waals surface area contributed by atoms with Gasteiger partial charge in [0.15, 0.2) is 6.61 Å². The van der Waals surface area contributed by atoms with Crippen LogP contribution in [0.1, 0.15) is 12.5 Å². The SMILES string of the molecule is COc1ccc(S(=O)(=O)NC(C)C(=O)OCC(=O)NCCc2ccc(S(N)(=O)=O)cc2)cc1. The summed E-state index contributed by atoms with van der Waals surface area (Å²) in [6.45, 7) is 0.926. The average Bonchev–Trinajstić information content (AvgIpc) is 2.77. The van der Waals surface area contributed by atoms with Crippen LogP contribution in [0.25, 0.3) is 0 Å². The lowest BCUT2D eigenvalue weighted by Gasteiger charge is -2.14. The molecular formula is C20H25N3O8S2. The van der Waals surface area contributed by atoms with Crippen LogP contribution in [0.5, 0.6) is 5.75 Å². The Kier molecular flexibility index (Phi) is 8.93. The summed E-state index contributed by atoms with van der Waals surface area (Å²) in [4.78, 5) is 23.9. The first kappa shape index (κ1) is 26.3. The number of hydrogen-bond donors (Lipinski definition) is 3. The van der Waals surface area contributed by atoms with E-state index in [0.717, 1.165) is 5.56 Å². The van der Waals surface area contributed by atoms with Crippen molar-refractivity contribution in [1.29, 1.82) is 0 Å². The number of hydrogen-bond acceptors (Lipinski definition) is 8. The van der Waals surface area contributed by atoms with Gasteiger partial charge in [-0.3, -0.25) is 9.59 Å². The van der Waals surface area contributed by atoms with Crippen molar-refractivity contribution in [3.63, 3.8) is 0 Å². The van der Waals surface area contributed by atoms with Crippen molar-refractivity contribution in [3.05, 3.63) is 54.1 Å². The summed E-state index contributed by atoms with van der Waals surface area (Å²) in [7, 11) is -6.30. The second-order valence-corrected chi connectivity index (χ2v) is 10.2. The second kappa shape index (κ2) is 11.2. The smallest absolute Gasteiger partial charge is 0.324 e. The molecule has 33 heavy (non-hydrogen) atoms. The molecule has 0 heterocycles. The number of nitrogens with one attached hydrogen (secondary N) is 2. The van der Waals surface area contributed by atoms with E-state index in [-0.39, 0.29) is 16.3 Å². The second-order valence-electron chi connectivity index (χ2n) is 6.92. The Morgan fingerprint density at radius 1 is 0.970 bits per heavy atom. The Labute approximate surface area is 192 Å². The third-order valence-electron chi connectivity index (χ3n) is 4.39. The lowest BCUT2D eigenvalue weighted by Crippen LogP contribution is -2.41. The van der Waals surface area contributed by atoms with Crippen LogP contribution in [0.15, 0.2) is 58.3 Å². The molecule has 0 saturated heterocycles. The monoisotopic (exact) mass is 499 g/mol. The minimum Gasteiger partial charge on any atom is -0.497 e. The Morgan fingerprint density at radius 2 is 1.55 bits per heavy atom. The summed E-state index contributed by atoms with van der Waals surface area (Å²) in [6, 6.07) is 10.2. The van der Waals surface area contributed by atoms with E-state index in [1.54, 1.807) is 12.1 Å². The molecule has 1 atom stereocenters. The van der Waals surface area contributed by atoms with Gasteiger partial charge in [0.2, 0.25) is 20.0 Å². The summed E-state index contributed by atoms with van der Waals surface area (Å²) >= 11 is 0. The van der Waals surface area contributed by atoms with E-state index >= 15 is 0 Å². The van der Waals surface area contributed by atoms with Crippen molar-refractivity contribution in [2.24, 2.45) is 5.14 Å². The Hall–Kier alpha value is -3.00. The third kappa shape index (κ3) is 8.13. The number of ether oxygens (including phenoxy) is 2. The van der Waals surface area contributed by atoms with E-state index in [9.17, 15) is 26.4 Å². The number of carbonyl (C=O) groups is 2. The highest BCUT2D eigenvalue weighted by Crippen LogP contribution is 2.15.